The van der Waals surface area contributed by atoms with E-state index in [1.165, 1.54) is 5.57 Å². The molecule has 0 amide bonds. The van der Waals surface area contributed by atoms with Gasteiger partial charge in [-0.25, -0.2) is 0 Å². The van der Waals surface area contributed by atoms with Crippen LogP contribution in [-0.2, 0) is 4.79 Å². The average molecular weight is 150 g/mol. The van der Waals surface area contributed by atoms with E-state index in [1.807, 2.05) is 6.92 Å². The van der Waals surface area contributed by atoms with Crippen molar-refractivity contribution in [1.82, 2.24) is 0 Å². The number of carbonyl (C=O) groups excluding carboxylic acids is 1. The van der Waals surface area contributed by atoms with Gasteiger partial charge in [-0.2, -0.15) is 0 Å². The molecular weight excluding hydrogens is 136 g/mol. The molecule has 1 saturated carbocycles. The maximum absolute atomic E-state index is 11.6. The molecule has 2 aliphatic carbocycles. The Hall–Kier alpha value is -0.590. The summed E-state index contributed by atoms with van der Waals surface area (Å²) in [4.78, 5) is 11.6. The fourth-order valence-electron chi connectivity index (χ4n) is 2.72. The maximum atomic E-state index is 11.6. The van der Waals surface area contributed by atoms with E-state index in [-0.39, 0.29) is 5.41 Å². The normalized spacial score (nSPS) is 48.2. The summed E-state index contributed by atoms with van der Waals surface area (Å²) in [6, 6.07) is 0. The monoisotopic (exact) mass is 150 g/mol. The van der Waals surface area contributed by atoms with Crippen LogP contribution >= 0.6 is 0 Å². The minimum absolute atomic E-state index is 0.00810. The molecule has 0 aliphatic heterocycles. The number of allylic oxidation sites excluding steroid dienone is 2. The zero-order chi connectivity index (χ0) is 8.39. The van der Waals surface area contributed by atoms with Crippen molar-refractivity contribution in [2.24, 2.45) is 17.3 Å². The number of rotatable bonds is 0. The molecule has 3 atom stereocenters. The first-order chi connectivity index (χ1) is 5.01. The highest BCUT2D eigenvalue weighted by atomic mass is 16.1. The van der Waals surface area contributed by atoms with E-state index >= 15 is 0 Å². The Morgan fingerprint density at radius 2 is 1.91 bits per heavy atom. The quantitative estimate of drug-likeness (QED) is 0.517. The van der Waals surface area contributed by atoms with Crippen LogP contribution in [0.25, 0.3) is 0 Å². The van der Waals surface area contributed by atoms with Crippen molar-refractivity contribution in [2.45, 2.75) is 27.7 Å². The Kier molecular flexibility index (Phi) is 1.03. The molecule has 2 rings (SSSR count). The molecule has 0 spiro atoms. The second kappa shape index (κ2) is 1.60. The van der Waals surface area contributed by atoms with Crippen LogP contribution < -0.4 is 0 Å². The van der Waals surface area contributed by atoms with Gasteiger partial charge in [0.2, 0.25) is 0 Å². The lowest BCUT2D eigenvalue weighted by Crippen LogP contribution is -2.12. The average Bonchev–Trinajstić information content (AvgIpc) is 2.46. The molecule has 0 heterocycles. The molecule has 1 nitrogen and oxygen atoms in total. The summed E-state index contributed by atoms with van der Waals surface area (Å²) < 4.78 is 0. The minimum atomic E-state index is 0.00810. The van der Waals surface area contributed by atoms with E-state index in [0.29, 0.717) is 17.6 Å². The predicted octanol–water partition coefficient (Wildman–Crippen LogP) is 2.18. The number of hydrogen-bond acceptors (Lipinski definition) is 1. The van der Waals surface area contributed by atoms with Gasteiger partial charge in [-0.1, -0.05) is 19.4 Å². The molecule has 0 unspecified atom stereocenters. The van der Waals surface area contributed by atoms with Crippen LogP contribution in [0.15, 0.2) is 11.1 Å². The third-order valence-electron chi connectivity index (χ3n) is 3.87. The second-order valence-electron chi connectivity index (χ2n) is 4.19. The Labute approximate surface area is 67.5 Å². The van der Waals surface area contributed by atoms with E-state index in [4.69, 9.17) is 0 Å². The highest BCUT2D eigenvalue weighted by molar-refractivity contribution is 6.06. The first-order valence-corrected chi connectivity index (χ1v) is 4.23. The van der Waals surface area contributed by atoms with Gasteiger partial charge in [-0.15, -0.1) is 0 Å². The Bertz CT molecular complexity index is 275. The third-order valence-corrected chi connectivity index (χ3v) is 3.87. The van der Waals surface area contributed by atoms with Crippen molar-refractivity contribution in [1.29, 1.82) is 0 Å². The molecule has 0 bridgehead atoms. The standard InChI is InChI=1S/C10H14O/c1-5-6(2)9(11)10(4)7(3)8(5)10/h7-8H,1-4H3/t7-,8+,10-/m1/s1. The summed E-state index contributed by atoms with van der Waals surface area (Å²) in [5.41, 5.74) is 2.37. The van der Waals surface area contributed by atoms with E-state index in [0.717, 1.165) is 5.57 Å². The number of Topliss-reactive ketones (excluding diaryl/α,β-unsaturated/α-hetero) is 1. The van der Waals surface area contributed by atoms with Gasteiger partial charge in [-0.3, -0.25) is 4.79 Å². The van der Waals surface area contributed by atoms with Crippen molar-refractivity contribution >= 4 is 5.78 Å². The molecule has 0 saturated heterocycles. The lowest BCUT2D eigenvalue weighted by atomic mass is 9.98. The highest BCUT2D eigenvalue weighted by Gasteiger charge is 2.67. The minimum Gasteiger partial charge on any atom is -0.294 e. The first kappa shape index (κ1) is 7.08. The van der Waals surface area contributed by atoms with Crippen molar-refractivity contribution in [3.8, 4) is 0 Å². The fraction of sp³-hybridized carbons (Fsp3) is 0.700. The van der Waals surface area contributed by atoms with Gasteiger partial charge < -0.3 is 0 Å². The summed E-state index contributed by atoms with van der Waals surface area (Å²) in [5.74, 6) is 1.57. The fourth-order valence-corrected chi connectivity index (χ4v) is 2.72. The van der Waals surface area contributed by atoms with E-state index in [2.05, 4.69) is 20.8 Å². The Morgan fingerprint density at radius 3 is 2.18 bits per heavy atom. The zero-order valence-corrected chi connectivity index (χ0v) is 7.56. The molecule has 2 aliphatic rings. The first-order valence-electron chi connectivity index (χ1n) is 4.23. The number of hydrogen-bond donors (Lipinski definition) is 0. The van der Waals surface area contributed by atoms with Crippen LogP contribution in [0.3, 0.4) is 0 Å². The molecule has 0 aromatic rings. The lowest BCUT2D eigenvalue weighted by molar-refractivity contribution is -0.119. The van der Waals surface area contributed by atoms with Crippen LogP contribution in [0.4, 0.5) is 0 Å². The largest absolute Gasteiger partial charge is 0.294 e. The van der Waals surface area contributed by atoms with Gasteiger partial charge in [0.1, 0.15) is 0 Å². The van der Waals surface area contributed by atoms with E-state index < -0.39 is 0 Å². The smallest absolute Gasteiger partial charge is 0.165 e. The molecule has 1 heteroatoms. The maximum Gasteiger partial charge on any atom is 0.165 e. The molecule has 11 heavy (non-hydrogen) atoms. The summed E-state index contributed by atoms with van der Waals surface area (Å²) in [6.07, 6.45) is 0. The van der Waals surface area contributed by atoms with Gasteiger partial charge in [0, 0.05) is 5.41 Å². The Morgan fingerprint density at radius 1 is 1.36 bits per heavy atom. The summed E-state index contributed by atoms with van der Waals surface area (Å²) in [6.45, 7) is 8.34. The zero-order valence-electron chi connectivity index (χ0n) is 7.56. The molecular formula is C10H14O. The van der Waals surface area contributed by atoms with Crippen molar-refractivity contribution < 1.29 is 4.79 Å². The molecule has 0 radical (unpaired) electrons. The van der Waals surface area contributed by atoms with Crippen molar-refractivity contribution in [2.75, 3.05) is 0 Å². The van der Waals surface area contributed by atoms with Gasteiger partial charge in [0.25, 0.3) is 0 Å². The van der Waals surface area contributed by atoms with Crippen LogP contribution in [0, 0.1) is 17.3 Å². The van der Waals surface area contributed by atoms with Gasteiger partial charge >= 0.3 is 0 Å². The molecule has 0 aromatic heterocycles. The van der Waals surface area contributed by atoms with E-state index in [9.17, 15) is 4.79 Å². The van der Waals surface area contributed by atoms with Crippen LogP contribution in [0.1, 0.15) is 27.7 Å². The van der Waals surface area contributed by atoms with Crippen molar-refractivity contribution in [3.63, 3.8) is 0 Å². The predicted molar refractivity (Wildman–Crippen MR) is 44.1 cm³/mol. The summed E-state index contributed by atoms with van der Waals surface area (Å²) in [7, 11) is 0. The molecule has 0 aromatic carbocycles. The van der Waals surface area contributed by atoms with Crippen molar-refractivity contribution in [3.05, 3.63) is 11.1 Å². The molecule has 0 N–H and O–H groups in total. The number of ketones is 1. The Balaban J connectivity index is 2.48. The SMILES string of the molecule is CC1=C(C)[C@H]2[C@@H](C)[C@@]2(C)C1=O. The van der Waals surface area contributed by atoms with Gasteiger partial charge in [0.05, 0.1) is 0 Å². The highest BCUT2D eigenvalue weighted by Crippen LogP contribution is 2.67. The van der Waals surface area contributed by atoms with Crippen LogP contribution in [-0.4, -0.2) is 5.78 Å². The summed E-state index contributed by atoms with van der Waals surface area (Å²) in [5, 5.41) is 0. The molecule has 1 fully saturated rings. The topological polar surface area (TPSA) is 17.1 Å². The van der Waals surface area contributed by atoms with Gasteiger partial charge in [0.15, 0.2) is 5.78 Å². The lowest BCUT2D eigenvalue weighted by Gasteiger charge is -2.04. The van der Waals surface area contributed by atoms with Crippen LogP contribution in [0.2, 0.25) is 0 Å². The summed E-state index contributed by atoms with van der Waals surface area (Å²) >= 11 is 0. The number of carbonyl (C=O) groups is 1. The molecule has 60 valence electrons. The van der Waals surface area contributed by atoms with Gasteiger partial charge in [-0.05, 0) is 31.3 Å². The number of fused-ring (bicyclic) bond motifs is 1. The van der Waals surface area contributed by atoms with E-state index in [1.54, 1.807) is 0 Å². The van der Waals surface area contributed by atoms with Crippen LogP contribution in [0.5, 0.6) is 0 Å². The second-order valence-corrected chi connectivity index (χ2v) is 4.19. The third kappa shape index (κ3) is 0.524.